The van der Waals surface area contributed by atoms with E-state index < -0.39 is 0 Å². The molecule has 1 fully saturated rings. The minimum Gasteiger partial charge on any atom is -0.495 e. The molecule has 1 heterocycles. The number of piperazine rings is 1. The molecule has 2 rings (SSSR count). The highest BCUT2D eigenvalue weighted by Gasteiger charge is 2.18. The Bertz CT molecular complexity index is 417. The first-order valence-electron chi connectivity index (χ1n) is 7.05. The number of hydrogen-bond donors (Lipinski definition) is 1. The van der Waals surface area contributed by atoms with Crippen LogP contribution in [-0.4, -0.2) is 57.7 Å². The Balaban J connectivity index is 1.80. The quantitative estimate of drug-likeness (QED) is 0.593. The van der Waals surface area contributed by atoms with Gasteiger partial charge in [-0.25, -0.2) is 0 Å². The third-order valence-corrected chi connectivity index (χ3v) is 3.65. The summed E-state index contributed by atoms with van der Waals surface area (Å²) in [5, 5.41) is 2.58. The second kappa shape index (κ2) is 7.75. The SMILES string of the molecule is COc1ccccc1N1CCN(CCCN[C]=O)CC1. The Kier molecular flexibility index (Phi) is 5.68. The normalized spacial score (nSPS) is 15.9. The molecule has 5 nitrogen and oxygen atoms in total. The molecule has 0 atom stereocenters. The van der Waals surface area contributed by atoms with Crippen LogP contribution in [0.25, 0.3) is 0 Å². The number of hydrogen-bond acceptors (Lipinski definition) is 4. The summed E-state index contributed by atoms with van der Waals surface area (Å²) < 4.78 is 5.42. The number of para-hydroxylation sites is 2. The Morgan fingerprint density at radius 3 is 2.70 bits per heavy atom. The van der Waals surface area contributed by atoms with Crippen molar-refractivity contribution in [3.8, 4) is 5.75 Å². The van der Waals surface area contributed by atoms with E-state index in [0.717, 1.165) is 44.9 Å². The number of rotatable bonds is 7. The number of anilines is 1. The highest BCUT2D eigenvalue weighted by molar-refractivity contribution is 5.58. The van der Waals surface area contributed by atoms with Gasteiger partial charge in [0.05, 0.1) is 12.8 Å². The van der Waals surface area contributed by atoms with Gasteiger partial charge in [-0.3, -0.25) is 9.69 Å². The minimum atomic E-state index is 0.705. The van der Waals surface area contributed by atoms with E-state index in [1.165, 1.54) is 5.69 Å². The van der Waals surface area contributed by atoms with Crippen LogP contribution < -0.4 is 15.0 Å². The topological polar surface area (TPSA) is 44.8 Å². The number of amides is 1. The maximum Gasteiger partial charge on any atom is 0.309 e. The fraction of sp³-hybridized carbons (Fsp3) is 0.533. The van der Waals surface area contributed by atoms with Gasteiger partial charge in [-0.15, -0.1) is 0 Å². The lowest BCUT2D eigenvalue weighted by molar-refractivity contribution is 0.254. The van der Waals surface area contributed by atoms with Crippen LogP contribution in [0.1, 0.15) is 6.42 Å². The first-order valence-corrected chi connectivity index (χ1v) is 7.05. The lowest BCUT2D eigenvalue weighted by Gasteiger charge is -2.36. The summed E-state index contributed by atoms with van der Waals surface area (Å²) in [5.41, 5.74) is 1.17. The Labute approximate surface area is 120 Å². The van der Waals surface area contributed by atoms with Crippen molar-refractivity contribution in [2.75, 3.05) is 51.3 Å². The molecule has 1 aliphatic rings. The molecule has 1 aromatic rings. The largest absolute Gasteiger partial charge is 0.495 e. The predicted molar refractivity (Wildman–Crippen MR) is 80.0 cm³/mol. The molecule has 20 heavy (non-hydrogen) atoms. The summed E-state index contributed by atoms with van der Waals surface area (Å²) in [4.78, 5) is 14.8. The van der Waals surface area contributed by atoms with Crippen molar-refractivity contribution < 1.29 is 9.53 Å². The highest BCUT2D eigenvalue weighted by Crippen LogP contribution is 2.28. The number of nitrogens with one attached hydrogen (secondary N) is 1. The fourth-order valence-electron chi connectivity index (χ4n) is 2.55. The van der Waals surface area contributed by atoms with Crippen molar-refractivity contribution in [2.24, 2.45) is 0 Å². The van der Waals surface area contributed by atoms with Crippen LogP contribution in [0, 0.1) is 0 Å². The van der Waals surface area contributed by atoms with Crippen molar-refractivity contribution in [3.63, 3.8) is 0 Å². The third kappa shape index (κ3) is 3.87. The van der Waals surface area contributed by atoms with Gasteiger partial charge in [0.1, 0.15) is 5.75 Å². The second-order valence-electron chi connectivity index (χ2n) is 4.88. The van der Waals surface area contributed by atoms with Gasteiger partial charge in [0.15, 0.2) is 0 Å². The molecule has 0 spiro atoms. The van der Waals surface area contributed by atoms with E-state index in [1.54, 1.807) is 13.5 Å². The zero-order valence-corrected chi connectivity index (χ0v) is 12.0. The van der Waals surface area contributed by atoms with Crippen molar-refractivity contribution in [1.29, 1.82) is 0 Å². The molecule has 0 saturated carbocycles. The van der Waals surface area contributed by atoms with Crippen LogP contribution in [-0.2, 0) is 4.79 Å². The van der Waals surface area contributed by atoms with E-state index in [1.807, 2.05) is 18.2 Å². The Morgan fingerprint density at radius 2 is 2.00 bits per heavy atom. The van der Waals surface area contributed by atoms with Gasteiger partial charge in [-0.05, 0) is 25.1 Å². The van der Waals surface area contributed by atoms with Gasteiger partial charge in [0.25, 0.3) is 0 Å². The van der Waals surface area contributed by atoms with Crippen LogP contribution >= 0.6 is 0 Å². The number of nitrogens with zero attached hydrogens (tertiary/aromatic N) is 2. The number of benzene rings is 1. The first kappa shape index (κ1) is 14.7. The lowest BCUT2D eigenvalue weighted by atomic mass is 10.2. The standard InChI is InChI=1S/C15H22N3O2/c1-20-15-6-3-2-5-14(15)18-11-9-17(10-12-18)8-4-7-16-13-19/h2-3,5-6H,4,7-12H2,1H3,(H,16,19). The number of methoxy groups -OCH3 is 1. The molecular weight excluding hydrogens is 254 g/mol. The van der Waals surface area contributed by atoms with Crippen molar-refractivity contribution in [2.45, 2.75) is 6.42 Å². The van der Waals surface area contributed by atoms with Crippen LogP contribution in [0.15, 0.2) is 24.3 Å². The lowest BCUT2D eigenvalue weighted by Crippen LogP contribution is -2.47. The molecule has 109 valence electrons. The molecular formula is C15H22N3O2. The zero-order valence-electron chi connectivity index (χ0n) is 12.0. The van der Waals surface area contributed by atoms with Gasteiger partial charge in [-0.1, -0.05) is 12.1 Å². The maximum atomic E-state index is 10.0. The number of ether oxygens (including phenoxy) is 1. The van der Waals surface area contributed by atoms with E-state index in [4.69, 9.17) is 4.74 Å². The van der Waals surface area contributed by atoms with Crippen LogP contribution in [0.4, 0.5) is 5.69 Å². The maximum absolute atomic E-state index is 10.0. The fourth-order valence-corrected chi connectivity index (χ4v) is 2.55. The summed E-state index contributed by atoms with van der Waals surface area (Å²) in [5.74, 6) is 0.937. The average molecular weight is 276 g/mol. The first-order chi connectivity index (χ1) is 9.85. The smallest absolute Gasteiger partial charge is 0.309 e. The summed E-state index contributed by atoms with van der Waals surface area (Å²) in [6.07, 6.45) is 2.68. The molecule has 1 saturated heterocycles. The van der Waals surface area contributed by atoms with Gasteiger partial charge >= 0.3 is 6.41 Å². The van der Waals surface area contributed by atoms with Gasteiger partial charge in [0, 0.05) is 32.7 Å². The molecule has 0 unspecified atom stereocenters. The van der Waals surface area contributed by atoms with E-state index in [9.17, 15) is 4.79 Å². The second-order valence-corrected chi connectivity index (χ2v) is 4.88. The molecule has 1 radical (unpaired) electrons. The molecule has 0 bridgehead atoms. The van der Waals surface area contributed by atoms with Crippen molar-refractivity contribution in [3.05, 3.63) is 24.3 Å². The van der Waals surface area contributed by atoms with Gasteiger partial charge in [0.2, 0.25) is 0 Å². The summed E-state index contributed by atoms with van der Waals surface area (Å²) in [7, 11) is 1.71. The molecule has 1 amide bonds. The molecule has 0 aliphatic carbocycles. The summed E-state index contributed by atoms with van der Waals surface area (Å²) in [6, 6.07) is 8.16. The monoisotopic (exact) mass is 276 g/mol. The molecule has 5 heteroatoms. The predicted octanol–water partition coefficient (Wildman–Crippen LogP) is 0.864. The molecule has 1 N–H and O–H groups in total. The van der Waals surface area contributed by atoms with Crippen LogP contribution in [0.5, 0.6) is 5.75 Å². The van der Waals surface area contributed by atoms with E-state index >= 15 is 0 Å². The Hall–Kier alpha value is -1.75. The average Bonchev–Trinajstić information content (AvgIpc) is 2.52. The molecule has 1 aromatic carbocycles. The molecule has 1 aliphatic heterocycles. The van der Waals surface area contributed by atoms with Crippen molar-refractivity contribution >= 4 is 12.1 Å². The third-order valence-electron chi connectivity index (χ3n) is 3.65. The summed E-state index contributed by atoms with van der Waals surface area (Å²) in [6.45, 7) is 5.83. The van der Waals surface area contributed by atoms with Crippen LogP contribution in [0.3, 0.4) is 0 Å². The van der Waals surface area contributed by atoms with Gasteiger partial charge < -0.3 is 15.0 Å². The zero-order chi connectivity index (χ0) is 14.2. The van der Waals surface area contributed by atoms with E-state index in [0.29, 0.717) is 6.54 Å². The Morgan fingerprint density at radius 1 is 1.25 bits per heavy atom. The summed E-state index contributed by atoms with van der Waals surface area (Å²) >= 11 is 0. The minimum absolute atomic E-state index is 0.705. The molecule has 0 aromatic heterocycles. The van der Waals surface area contributed by atoms with Crippen molar-refractivity contribution in [1.82, 2.24) is 10.2 Å². The number of carbonyl (C=O) groups excluding carboxylic acids is 1. The highest BCUT2D eigenvalue weighted by atomic mass is 16.5. The van der Waals surface area contributed by atoms with Crippen LogP contribution in [0.2, 0.25) is 0 Å². The van der Waals surface area contributed by atoms with Gasteiger partial charge in [-0.2, -0.15) is 0 Å². The van der Waals surface area contributed by atoms with E-state index in [-0.39, 0.29) is 0 Å². The van der Waals surface area contributed by atoms with E-state index in [2.05, 4.69) is 21.2 Å².